The third-order valence-electron chi connectivity index (χ3n) is 1.97. The van der Waals surface area contributed by atoms with Crippen LogP contribution in [0.3, 0.4) is 0 Å². The second-order valence-corrected chi connectivity index (χ2v) is 2.77. The van der Waals surface area contributed by atoms with Crippen LogP contribution in [0.2, 0.25) is 0 Å². The maximum atomic E-state index is 9.88. The molecule has 0 unspecified atom stereocenters. The molecule has 0 bridgehead atoms. The molecule has 1 heteroatoms. The molecule has 0 spiro atoms. The van der Waals surface area contributed by atoms with Crippen molar-refractivity contribution in [1.29, 1.82) is 0 Å². The Kier molecular flexibility index (Phi) is 3.20. The van der Waals surface area contributed by atoms with Crippen LogP contribution in [-0.4, -0.2) is 6.29 Å². The van der Waals surface area contributed by atoms with Crippen molar-refractivity contribution < 1.29 is 4.79 Å². The SMILES string of the molecule is O=[C]CC=C1CCCCC1. The fraction of sp³-hybridized carbons (Fsp3) is 0.667. The van der Waals surface area contributed by atoms with Gasteiger partial charge in [-0.1, -0.05) is 18.1 Å². The molecule has 55 valence electrons. The average molecular weight is 137 g/mol. The van der Waals surface area contributed by atoms with Crippen molar-refractivity contribution in [1.82, 2.24) is 0 Å². The highest BCUT2D eigenvalue weighted by Crippen LogP contribution is 2.22. The number of carbonyl (C=O) groups excluding carboxylic acids is 1. The lowest BCUT2D eigenvalue weighted by molar-refractivity contribution is 0.554. The Hall–Kier alpha value is -0.590. The van der Waals surface area contributed by atoms with E-state index < -0.39 is 0 Å². The Morgan fingerprint density at radius 2 is 2.00 bits per heavy atom. The Bertz CT molecular complexity index is 128. The molecule has 1 nitrogen and oxygen atoms in total. The Morgan fingerprint density at radius 1 is 1.30 bits per heavy atom. The molecular weight excluding hydrogens is 124 g/mol. The van der Waals surface area contributed by atoms with Crippen molar-refractivity contribution in [2.75, 3.05) is 0 Å². The summed E-state index contributed by atoms with van der Waals surface area (Å²) < 4.78 is 0. The summed E-state index contributed by atoms with van der Waals surface area (Å²) in [5.41, 5.74) is 1.47. The van der Waals surface area contributed by atoms with E-state index in [1.807, 2.05) is 12.4 Å². The van der Waals surface area contributed by atoms with Gasteiger partial charge in [0, 0.05) is 6.42 Å². The highest BCUT2D eigenvalue weighted by molar-refractivity contribution is 5.53. The van der Waals surface area contributed by atoms with E-state index >= 15 is 0 Å². The summed E-state index contributed by atoms with van der Waals surface area (Å²) in [5.74, 6) is 0. The quantitative estimate of drug-likeness (QED) is 0.534. The van der Waals surface area contributed by atoms with E-state index in [1.165, 1.54) is 37.7 Å². The second kappa shape index (κ2) is 4.26. The molecule has 0 aliphatic heterocycles. The number of rotatable bonds is 2. The first-order chi connectivity index (χ1) is 4.93. The normalized spacial score (nSPS) is 18.6. The molecule has 0 heterocycles. The molecule has 0 saturated heterocycles. The van der Waals surface area contributed by atoms with Crippen molar-refractivity contribution in [3.05, 3.63) is 11.6 Å². The third kappa shape index (κ3) is 2.34. The summed E-state index contributed by atoms with van der Waals surface area (Å²) in [4.78, 5) is 9.88. The summed E-state index contributed by atoms with van der Waals surface area (Å²) >= 11 is 0. The van der Waals surface area contributed by atoms with Gasteiger partial charge < -0.3 is 0 Å². The number of hydrogen-bond acceptors (Lipinski definition) is 1. The van der Waals surface area contributed by atoms with Crippen LogP contribution in [0.15, 0.2) is 11.6 Å². The average Bonchev–Trinajstić information content (AvgIpc) is 2.03. The minimum atomic E-state index is 0.495. The highest BCUT2D eigenvalue weighted by Gasteiger charge is 2.03. The molecular formula is C9H13O. The minimum Gasteiger partial charge on any atom is -0.291 e. The van der Waals surface area contributed by atoms with Crippen LogP contribution in [0.4, 0.5) is 0 Å². The largest absolute Gasteiger partial charge is 0.291 e. The van der Waals surface area contributed by atoms with Crippen LogP contribution in [0.5, 0.6) is 0 Å². The molecule has 0 amide bonds. The van der Waals surface area contributed by atoms with Crippen LogP contribution < -0.4 is 0 Å². The van der Waals surface area contributed by atoms with Gasteiger partial charge in [-0.15, -0.1) is 0 Å². The maximum Gasteiger partial charge on any atom is 0.202 e. The van der Waals surface area contributed by atoms with E-state index in [-0.39, 0.29) is 0 Å². The van der Waals surface area contributed by atoms with Gasteiger partial charge in [0.25, 0.3) is 0 Å². The van der Waals surface area contributed by atoms with Gasteiger partial charge in [0.15, 0.2) is 0 Å². The summed E-state index contributed by atoms with van der Waals surface area (Å²) in [7, 11) is 0. The molecule has 0 aromatic rings. The second-order valence-electron chi connectivity index (χ2n) is 2.77. The van der Waals surface area contributed by atoms with Crippen molar-refractivity contribution in [3.8, 4) is 0 Å². The summed E-state index contributed by atoms with van der Waals surface area (Å²) in [6.45, 7) is 0. The first-order valence-electron chi connectivity index (χ1n) is 3.96. The molecule has 0 atom stereocenters. The minimum absolute atomic E-state index is 0.495. The summed E-state index contributed by atoms with van der Waals surface area (Å²) in [6, 6.07) is 0. The molecule has 1 fully saturated rings. The molecule has 1 aliphatic carbocycles. The van der Waals surface area contributed by atoms with E-state index in [0.717, 1.165) is 0 Å². The van der Waals surface area contributed by atoms with Crippen LogP contribution in [0.25, 0.3) is 0 Å². The Balaban J connectivity index is 2.30. The van der Waals surface area contributed by atoms with Crippen molar-refractivity contribution in [3.63, 3.8) is 0 Å². The lowest BCUT2D eigenvalue weighted by atomic mass is 9.94. The summed E-state index contributed by atoms with van der Waals surface area (Å²) in [6.07, 6.45) is 10.8. The number of hydrogen-bond donors (Lipinski definition) is 0. The van der Waals surface area contributed by atoms with Crippen LogP contribution in [0, 0.1) is 0 Å². The lowest BCUT2D eigenvalue weighted by Gasteiger charge is -2.12. The van der Waals surface area contributed by atoms with Gasteiger partial charge in [-0.2, -0.15) is 0 Å². The smallest absolute Gasteiger partial charge is 0.202 e. The van der Waals surface area contributed by atoms with Gasteiger partial charge in [0.1, 0.15) is 0 Å². The molecule has 1 radical (unpaired) electrons. The zero-order chi connectivity index (χ0) is 7.23. The predicted molar refractivity (Wildman–Crippen MR) is 41.5 cm³/mol. The van der Waals surface area contributed by atoms with E-state index in [2.05, 4.69) is 0 Å². The third-order valence-corrected chi connectivity index (χ3v) is 1.97. The van der Waals surface area contributed by atoms with Crippen LogP contribution in [-0.2, 0) is 4.79 Å². The summed E-state index contributed by atoms with van der Waals surface area (Å²) in [5, 5.41) is 0. The van der Waals surface area contributed by atoms with Gasteiger partial charge in [0.2, 0.25) is 6.29 Å². The van der Waals surface area contributed by atoms with Gasteiger partial charge in [0.05, 0.1) is 0 Å². The van der Waals surface area contributed by atoms with Crippen molar-refractivity contribution in [2.45, 2.75) is 38.5 Å². The molecule has 1 rings (SSSR count). The van der Waals surface area contributed by atoms with Crippen molar-refractivity contribution >= 4 is 6.29 Å². The van der Waals surface area contributed by atoms with E-state index in [4.69, 9.17) is 0 Å². The van der Waals surface area contributed by atoms with Gasteiger partial charge >= 0.3 is 0 Å². The molecule has 1 aliphatic rings. The monoisotopic (exact) mass is 137 g/mol. The highest BCUT2D eigenvalue weighted by atomic mass is 16.1. The fourth-order valence-electron chi connectivity index (χ4n) is 1.40. The lowest BCUT2D eigenvalue weighted by Crippen LogP contribution is -1.93. The zero-order valence-corrected chi connectivity index (χ0v) is 6.23. The standard InChI is InChI=1S/C9H13O/c10-8-4-7-9-5-2-1-3-6-9/h7H,1-6H2. The first-order valence-corrected chi connectivity index (χ1v) is 3.96. The predicted octanol–water partition coefficient (Wildman–Crippen LogP) is 2.38. The molecule has 0 aromatic heterocycles. The number of allylic oxidation sites excluding steroid dienone is 2. The Labute approximate surface area is 62.1 Å². The molecule has 1 saturated carbocycles. The van der Waals surface area contributed by atoms with Gasteiger partial charge in [-0.25, -0.2) is 0 Å². The van der Waals surface area contributed by atoms with Crippen LogP contribution >= 0.6 is 0 Å². The Morgan fingerprint density at radius 3 is 2.60 bits per heavy atom. The van der Waals surface area contributed by atoms with E-state index in [0.29, 0.717) is 6.42 Å². The fourth-order valence-corrected chi connectivity index (χ4v) is 1.40. The van der Waals surface area contributed by atoms with Gasteiger partial charge in [-0.05, 0) is 25.7 Å². The van der Waals surface area contributed by atoms with Gasteiger partial charge in [-0.3, -0.25) is 4.79 Å². The molecule has 10 heavy (non-hydrogen) atoms. The van der Waals surface area contributed by atoms with E-state index in [9.17, 15) is 4.79 Å². The maximum absolute atomic E-state index is 9.88. The van der Waals surface area contributed by atoms with E-state index in [1.54, 1.807) is 0 Å². The molecule has 0 N–H and O–H groups in total. The topological polar surface area (TPSA) is 17.1 Å². The molecule has 0 aromatic carbocycles. The van der Waals surface area contributed by atoms with Crippen LogP contribution in [0.1, 0.15) is 38.5 Å². The van der Waals surface area contributed by atoms with Crippen molar-refractivity contribution in [2.24, 2.45) is 0 Å². The zero-order valence-electron chi connectivity index (χ0n) is 6.23. The first kappa shape index (κ1) is 7.52.